The first-order valence-electron chi connectivity index (χ1n) is 9.96. The maximum absolute atomic E-state index is 12.6. The lowest BCUT2D eigenvalue weighted by molar-refractivity contribution is -0.305. The average Bonchev–Trinajstić information content (AvgIpc) is 3.17. The molecule has 164 valence electrons. The molecule has 0 atom stereocenters. The van der Waals surface area contributed by atoms with Gasteiger partial charge in [-0.1, -0.05) is 23.7 Å². The molecule has 0 saturated carbocycles. The van der Waals surface area contributed by atoms with E-state index in [0.29, 0.717) is 32.7 Å². The third kappa shape index (κ3) is 3.99. The summed E-state index contributed by atoms with van der Waals surface area (Å²) in [5.74, 6) is -1.73. The summed E-state index contributed by atoms with van der Waals surface area (Å²) in [6.07, 6.45) is 1.13. The summed E-state index contributed by atoms with van der Waals surface area (Å²) in [6, 6.07) is 9.27. The summed E-state index contributed by atoms with van der Waals surface area (Å²) in [4.78, 5) is 35.3. The highest BCUT2D eigenvalue weighted by Gasteiger charge is 2.20. The molecular formula is C24H19ClNO6-. The molecule has 0 radical (unpaired) electrons. The van der Waals surface area contributed by atoms with E-state index in [9.17, 15) is 19.5 Å². The number of carbonyl (C=O) groups excluding carboxylic acids is 2. The van der Waals surface area contributed by atoms with Gasteiger partial charge in [0.15, 0.2) is 0 Å². The molecule has 1 amide bonds. The third-order valence-electron chi connectivity index (χ3n) is 5.49. The number of carbonyl (C=O) groups is 2. The Morgan fingerprint density at radius 1 is 1.06 bits per heavy atom. The van der Waals surface area contributed by atoms with E-state index >= 15 is 0 Å². The molecule has 4 rings (SSSR count). The molecule has 0 aliphatic heterocycles. The first-order chi connectivity index (χ1) is 15.3. The van der Waals surface area contributed by atoms with Crippen molar-refractivity contribution in [2.24, 2.45) is 0 Å². The van der Waals surface area contributed by atoms with Gasteiger partial charge in [-0.25, -0.2) is 4.79 Å². The van der Waals surface area contributed by atoms with E-state index in [2.05, 4.69) is 5.32 Å². The molecule has 32 heavy (non-hydrogen) atoms. The Hall–Kier alpha value is -3.58. The summed E-state index contributed by atoms with van der Waals surface area (Å²) in [5.41, 5.74) is 3.72. The number of rotatable bonds is 6. The molecule has 7 nitrogen and oxygen atoms in total. The molecular weight excluding hydrogens is 434 g/mol. The zero-order valence-electron chi connectivity index (χ0n) is 17.4. The summed E-state index contributed by atoms with van der Waals surface area (Å²) in [6.45, 7) is 3.50. The minimum Gasteiger partial charge on any atom is -0.550 e. The topological polar surface area (TPSA) is 113 Å². The smallest absolute Gasteiger partial charge is 0.340 e. The van der Waals surface area contributed by atoms with E-state index in [4.69, 9.17) is 20.4 Å². The fourth-order valence-corrected chi connectivity index (χ4v) is 3.91. The number of carboxylic acid groups (broad SMARTS) is 1. The highest BCUT2D eigenvalue weighted by molar-refractivity contribution is 6.30. The van der Waals surface area contributed by atoms with Gasteiger partial charge in [0, 0.05) is 45.9 Å². The van der Waals surface area contributed by atoms with Crippen molar-refractivity contribution in [3.63, 3.8) is 0 Å². The number of halogens is 1. The third-order valence-corrected chi connectivity index (χ3v) is 5.74. The van der Waals surface area contributed by atoms with Crippen LogP contribution < -0.4 is 16.0 Å². The van der Waals surface area contributed by atoms with E-state index in [-0.39, 0.29) is 24.9 Å². The van der Waals surface area contributed by atoms with Crippen LogP contribution in [-0.4, -0.2) is 18.4 Å². The monoisotopic (exact) mass is 452 g/mol. The predicted octanol–water partition coefficient (Wildman–Crippen LogP) is 3.28. The largest absolute Gasteiger partial charge is 0.550 e. The van der Waals surface area contributed by atoms with Crippen LogP contribution in [0.4, 0.5) is 0 Å². The van der Waals surface area contributed by atoms with Crippen LogP contribution in [0, 0.1) is 13.8 Å². The molecule has 2 aromatic heterocycles. The Labute approximate surface area is 187 Å². The van der Waals surface area contributed by atoms with Gasteiger partial charge >= 0.3 is 5.63 Å². The van der Waals surface area contributed by atoms with Crippen LogP contribution in [0.2, 0.25) is 5.02 Å². The van der Waals surface area contributed by atoms with E-state index < -0.39 is 17.5 Å². The normalized spacial score (nSPS) is 11.2. The van der Waals surface area contributed by atoms with Crippen LogP contribution >= 0.6 is 11.6 Å². The molecule has 0 spiro atoms. The van der Waals surface area contributed by atoms with E-state index in [1.165, 1.54) is 0 Å². The Bertz CT molecular complexity index is 1410. The standard InChI is InChI=1S/C24H20ClNO6/c1-12-16-9-18-19(14-3-5-15(25)6-4-14)11-31-22(18)13(2)23(16)32-24(30)17(12)10-20(27)26-8-7-21(28)29/h3-6,9,11H,7-8,10H2,1-2H3,(H,26,27)(H,28,29)/p-1. The number of aryl methyl sites for hydroxylation is 2. The van der Waals surface area contributed by atoms with Crippen LogP contribution in [-0.2, 0) is 16.0 Å². The number of furan rings is 1. The second kappa shape index (κ2) is 8.51. The lowest BCUT2D eigenvalue weighted by Crippen LogP contribution is -2.32. The lowest BCUT2D eigenvalue weighted by Gasteiger charge is -2.11. The number of hydrogen-bond donors (Lipinski definition) is 1. The Balaban J connectivity index is 1.80. The zero-order chi connectivity index (χ0) is 23.0. The van der Waals surface area contributed by atoms with Crippen LogP contribution in [0.25, 0.3) is 33.1 Å². The first-order valence-corrected chi connectivity index (χ1v) is 10.3. The second-order valence-corrected chi connectivity index (χ2v) is 7.99. The minimum atomic E-state index is -1.26. The van der Waals surface area contributed by atoms with Crippen molar-refractivity contribution in [2.75, 3.05) is 6.54 Å². The van der Waals surface area contributed by atoms with Crippen LogP contribution in [0.15, 0.2) is 50.2 Å². The molecule has 2 heterocycles. The SMILES string of the molecule is Cc1c(CC(=O)NCCC(=O)[O-])c(=O)oc2c(C)c3occ(-c4ccc(Cl)cc4)c3cc12. The Kier molecular flexibility index (Phi) is 5.76. The van der Waals surface area contributed by atoms with E-state index in [1.807, 2.05) is 25.1 Å². The highest BCUT2D eigenvalue weighted by atomic mass is 35.5. The molecule has 0 saturated heterocycles. The molecule has 0 unspecified atom stereocenters. The minimum absolute atomic E-state index is 0.0711. The van der Waals surface area contributed by atoms with E-state index in [0.717, 1.165) is 16.5 Å². The van der Waals surface area contributed by atoms with Crippen molar-refractivity contribution in [1.29, 1.82) is 0 Å². The molecule has 2 aromatic carbocycles. The number of carboxylic acids is 1. The van der Waals surface area contributed by atoms with Crippen molar-refractivity contribution in [2.45, 2.75) is 26.7 Å². The quantitative estimate of drug-likeness (QED) is 0.449. The maximum atomic E-state index is 12.6. The van der Waals surface area contributed by atoms with Gasteiger partial charge in [0.05, 0.1) is 18.2 Å². The number of amides is 1. The molecule has 0 aliphatic rings. The zero-order valence-corrected chi connectivity index (χ0v) is 18.2. The van der Waals surface area contributed by atoms with Crippen molar-refractivity contribution < 1.29 is 23.5 Å². The van der Waals surface area contributed by atoms with Crippen LogP contribution in [0.5, 0.6) is 0 Å². The summed E-state index contributed by atoms with van der Waals surface area (Å²) in [5, 5.41) is 15.2. The van der Waals surface area contributed by atoms with Crippen molar-refractivity contribution >= 4 is 45.4 Å². The van der Waals surface area contributed by atoms with Gasteiger partial charge in [-0.15, -0.1) is 0 Å². The molecule has 1 N–H and O–H groups in total. The molecule has 4 aromatic rings. The van der Waals surface area contributed by atoms with Gasteiger partial charge in [0.1, 0.15) is 11.2 Å². The lowest BCUT2D eigenvalue weighted by atomic mass is 9.97. The maximum Gasteiger partial charge on any atom is 0.340 e. The van der Waals surface area contributed by atoms with Gasteiger partial charge in [-0.2, -0.15) is 0 Å². The molecule has 0 bridgehead atoms. The number of fused-ring (bicyclic) bond motifs is 2. The molecule has 0 aliphatic carbocycles. The number of nitrogens with one attached hydrogen (secondary N) is 1. The van der Waals surface area contributed by atoms with Crippen LogP contribution in [0.3, 0.4) is 0 Å². The predicted molar refractivity (Wildman–Crippen MR) is 119 cm³/mol. The van der Waals surface area contributed by atoms with Crippen molar-refractivity contribution in [3.8, 4) is 11.1 Å². The Morgan fingerprint density at radius 2 is 1.78 bits per heavy atom. The summed E-state index contributed by atoms with van der Waals surface area (Å²) in [7, 11) is 0. The fourth-order valence-electron chi connectivity index (χ4n) is 3.78. The second-order valence-electron chi connectivity index (χ2n) is 7.55. The number of aliphatic carboxylic acids is 1. The van der Waals surface area contributed by atoms with E-state index in [1.54, 1.807) is 25.3 Å². The number of hydrogen-bond acceptors (Lipinski definition) is 6. The van der Waals surface area contributed by atoms with Gasteiger partial charge in [0.2, 0.25) is 5.91 Å². The van der Waals surface area contributed by atoms with Crippen LogP contribution in [0.1, 0.15) is 23.1 Å². The van der Waals surface area contributed by atoms with Gasteiger partial charge in [-0.3, -0.25) is 4.79 Å². The molecule has 8 heteroatoms. The summed E-state index contributed by atoms with van der Waals surface area (Å²) < 4.78 is 11.4. The van der Waals surface area contributed by atoms with Gasteiger partial charge < -0.3 is 24.1 Å². The average molecular weight is 453 g/mol. The first kappa shape index (κ1) is 21.6. The molecule has 0 fully saturated rings. The fraction of sp³-hybridized carbons (Fsp3) is 0.208. The number of benzene rings is 2. The highest BCUT2D eigenvalue weighted by Crippen LogP contribution is 2.37. The van der Waals surface area contributed by atoms with Crippen molar-refractivity contribution in [1.82, 2.24) is 5.32 Å². The van der Waals surface area contributed by atoms with Crippen molar-refractivity contribution in [3.05, 3.63) is 68.7 Å². The summed E-state index contributed by atoms with van der Waals surface area (Å²) >= 11 is 6.01. The van der Waals surface area contributed by atoms with Gasteiger partial charge in [0.25, 0.3) is 0 Å². The van der Waals surface area contributed by atoms with Gasteiger partial charge in [-0.05, 0) is 43.2 Å². The Morgan fingerprint density at radius 3 is 2.47 bits per heavy atom.